The molecule has 0 aliphatic heterocycles. The van der Waals surface area contributed by atoms with Crippen molar-refractivity contribution in [1.29, 1.82) is 0 Å². The summed E-state index contributed by atoms with van der Waals surface area (Å²) in [6, 6.07) is 12.6. The van der Waals surface area contributed by atoms with Crippen molar-refractivity contribution >= 4 is 41.0 Å². The quantitative estimate of drug-likeness (QED) is 0.324. The normalized spacial score (nSPS) is 11.7. The summed E-state index contributed by atoms with van der Waals surface area (Å²) in [4.78, 5) is 25.6. The third kappa shape index (κ3) is 7.27. The highest BCUT2D eigenvalue weighted by atomic mass is 32.2. The maximum absolute atomic E-state index is 13.0. The van der Waals surface area contributed by atoms with Gasteiger partial charge in [-0.25, -0.2) is 0 Å². The van der Waals surface area contributed by atoms with Crippen LogP contribution >= 0.6 is 23.5 Å². The largest absolute Gasteiger partial charge is 0.497 e. The number of benzene rings is 2. The van der Waals surface area contributed by atoms with Crippen molar-refractivity contribution in [3.8, 4) is 5.75 Å². The summed E-state index contributed by atoms with van der Waals surface area (Å²) >= 11 is 3.04. The number of aromatic nitrogens is 3. The number of ether oxygens (including phenoxy) is 1. The summed E-state index contributed by atoms with van der Waals surface area (Å²) in [6.07, 6.45) is 2.74. The highest BCUT2D eigenvalue weighted by molar-refractivity contribution is 7.99. The van der Waals surface area contributed by atoms with Crippen molar-refractivity contribution in [1.82, 2.24) is 20.1 Å². The average Bonchev–Trinajstić information content (AvgIpc) is 3.29. The minimum Gasteiger partial charge on any atom is -0.497 e. The van der Waals surface area contributed by atoms with Crippen molar-refractivity contribution in [2.45, 2.75) is 44.9 Å². The van der Waals surface area contributed by atoms with E-state index in [9.17, 15) is 9.59 Å². The van der Waals surface area contributed by atoms with Gasteiger partial charge in [0, 0.05) is 17.8 Å². The molecule has 2 amide bonds. The van der Waals surface area contributed by atoms with E-state index in [1.807, 2.05) is 49.8 Å². The van der Waals surface area contributed by atoms with Gasteiger partial charge in [-0.1, -0.05) is 29.5 Å². The summed E-state index contributed by atoms with van der Waals surface area (Å²) < 4.78 is 7.15. The van der Waals surface area contributed by atoms with Gasteiger partial charge in [0.1, 0.15) is 5.75 Å². The molecule has 1 unspecified atom stereocenters. The fourth-order valence-corrected chi connectivity index (χ4v) is 5.00. The number of carbonyl (C=O) groups excluding carboxylic acids is 2. The molecule has 0 saturated heterocycles. The van der Waals surface area contributed by atoms with Crippen LogP contribution in [0.3, 0.4) is 0 Å². The van der Waals surface area contributed by atoms with Gasteiger partial charge in [0.15, 0.2) is 11.0 Å². The molecule has 0 aliphatic rings. The van der Waals surface area contributed by atoms with E-state index in [0.717, 1.165) is 22.6 Å². The number of nitrogens with one attached hydrogen (secondary N) is 2. The Morgan fingerprint density at radius 1 is 1.11 bits per heavy atom. The molecule has 2 N–H and O–H groups in total. The molecule has 10 heteroatoms. The van der Waals surface area contributed by atoms with Gasteiger partial charge >= 0.3 is 0 Å². The van der Waals surface area contributed by atoms with E-state index in [4.69, 9.17) is 4.74 Å². The van der Waals surface area contributed by atoms with Crippen LogP contribution in [-0.4, -0.2) is 51.5 Å². The fourth-order valence-electron chi connectivity index (χ4n) is 3.72. The Hall–Kier alpha value is -2.98. The van der Waals surface area contributed by atoms with E-state index >= 15 is 0 Å². The Labute approximate surface area is 221 Å². The number of nitrogens with zero attached hydrogens (tertiary/aromatic N) is 3. The molecule has 192 valence electrons. The van der Waals surface area contributed by atoms with E-state index in [1.165, 1.54) is 11.8 Å². The van der Waals surface area contributed by atoms with Crippen LogP contribution in [0.5, 0.6) is 5.75 Å². The van der Waals surface area contributed by atoms with Crippen LogP contribution in [0.4, 0.5) is 5.69 Å². The monoisotopic (exact) mass is 527 g/mol. The second-order valence-corrected chi connectivity index (χ2v) is 10.2. The number of hydrogen-bond donors (Lipinski definition) is 2. The van der Waals surface area contributed by atoms with Crippen molar-refractivity contribution in [3.05, 3.63) is 65.0 Å². The first-order valence-electron chi connectivity index (χ1n) is 11.7. The Kier molecular flexibility index (Phi) is 10.2. The van der Waals surface area contributed by atoms with Crippen LogP contribution in [0.1, 0.15) is 46.7 Å². The number of amides is 2. The predicted molar refractivity (Wildman–Crippen MR) is 147 cm³/mol. The molecule has 8 nitrogen and oxygen atoms in total. The average molecular weight is 528 g/mol. The van der Waals surface area contributed by atoms with Gasteiger partial charge < -0.3 is 19.9 Å². The third-order valence-electron chi connectivity index (χ3n) is 5.63. The smallest absolute Gasteiger partial charge is 0.251 e. The van der Waals surface area contributed by atoms with Crippen LogP contribution in [0.2, 0.25) is 0 Å². The first-order valence-corrected chi connectivity index (χ1v) is 14.1. The van der Waals surface area contributed by atoms with Gasteiger partial charge in [-0.05, 0) is 75.1 Å². The molecule has 1 atom stereocenters. The fraction of sp³-hybridized carbons (Fsp3) is 0.385. The Morgan fingerprint density at radius 2 is 1.86 bits per heavy atom. The molecular weight excluding hydrogens is 494 g/mol. The standard InChI is InChI=1S/C26H33N5O3S2/c1-6-31-24(22(13-14-35-5)28-25(33)19-8-10-20(34-4)11-9-19)29-30-26(31)36-16-23(32)27-21-12-7-17(2)15-18(21)3/h7-12,15,22H,6,13-14,16H2,1-5H3,(H,27,32)(H,28,33). The lowest BCUT2D eigenvalue weighted by atomic mass is 10.1. The molecule has 3 aromatic rings. The van der Waals surface area contributed by atoms with Crippen LogP contribution in [0.15, 0.2) is 47.6 Å². The second-order valence-electron chi connectivity index (χ2n) is 8.28. The molecule has 0 spiro atoms. The first kappa shape index (κ1) is 27.6. The van der Waals surface area contributed by atoms with Crippen LogP contribution in [0.25, 0.3) is 0 Å². The molecule has 3 rings (SSSR count). The summed E-state index contributed by atoms with van der Waals surface area (Å²) in [5.74, 6) is 2.15. The molecule has 1 aromatic heterocycles. The Bertz CT molecular complexity index is 1180. The molecule has 0 saturated carbocycles. The summed E-state index contributed by atoms with van der Waals surface area (Å²) in [5.41, 5.74) is 3.53. The van der Waals surface area contributed by atoms with Crippen LogP contribution < -0.4 is 15.4 Å². The van der Waals surface area contributed by atoms with Gasteiger partial charge in [-0.15, -0.1) is 10.2 Å². The van der Waals surface area contributed by atoms with Crippen LogP contribution in [0, 0.1) is 13.8 Å². The highest BCUT2D eigenvalue weighted by Gasteiger charge is 2.23. The zero-order valence-electron chi connectivity index (χ0n) is 21.3. The van der Waals surface area contributed by atoms with Crippen molar-refractivity contribution in [2.24, 2.45) is 0 Å². The molecule has 0 radical (unpaired) electrons. The third-order valence-corrected chi connectivity index (χ3v) is 7.24. The van der Waals surface area contributed by atoms with E-state index in [0.29, 0.717) is 35.3 Å². The molecule has 0 aliphatic carbocycles. The highest BCUT2D eigenvalue weighted by Crippen LogP contribution is 2.25. The molecule has 0 bridgehead atoms. The van der Waals surface area contributed by atoms with E-state index < -0.39 is 0 Å². The number of anilines is 1. The lowest BCUT2D eigenvalue weighted by Crippen LogP contribution is -2.31. The molecule has 1 heterocycles. The van der Waals surface area contributed by atoms with Gasteiger partial charge in [0.2, 0.25) is 5.91 Å². The predicted octanol–water partition coefficient (Wildman–Crippen LogP) is 4.88. The Morgan fingerprint density at radius 3 is 2.50 bits per heavy atom. The van der Waals surface area contributed by atoms with E-state index in [1.54, 1.807) is 43.1 Å². The number of aryl methyl sites for hydroxylation is 2. The SMILES string of the molecule is CCn1c(SCC(=O)Nc2ccc(C)cc2C)nnc1C(CCSC)NC(=O)c1ccc(OC)cc1. The first-order chi connectivity index (χ1) is 17.4. The van der Waals surface area contributed by atoms with Gasteiger partial charge in [-0.3, -0.25) is 9.59 Å². The topological polar surface area (TPSA) is 98.1 Å². The summed E-state index contributed by atoms with van der Waals surface area (Å²) in [7, 11) is 1.59. The number of methoxy groups -OCH3 is 1. The molecular formula is C26H33N5O3S2. The zero-order chi connectivity index (χ0) is 26.1. The number of thioether (sulfide) groups is 2. The lowest BCUT2D eigenvalue weighted by Gasteiger charge is -2.19. The van der Waals surface area contributed by atoms with E-state index in [-0.39, 0.29) is 23.6 Å². The maximum Gasteiger partial charge on any atom is 0.251 e. The lowest BCUT2D eigenvalue weighted by molar-refractivity contribution is -0.113. The van der Waals surface area contributed by atoms with Crippen molar-refractivity contribution in [2.75, 3.05) is 30.2 Å². The van der Waals surface area contributed by atoms with Crippen molar-refractivity contribution < 1.29 is 14.3 Å². The minimum atomic E-state index is -0.308. The van der Waals surface area contributed by atoms with Gasteiger partial charge in [-0.2, -0.15) is 11.8 Å². The molecule has 36 heavy (non-hydrogen) atoms. The molecule has 0 fully saturated rings. The summed E-state index contributed by atoms with van der Waals surface area (Å²) in [6.45, 7) is 6.63. The molecule has 2 aromatic carbocycles. The minimum absolute atomic E-state index is 0.106. The summed E-state index contributed by atoms with van der Waals surface area (Å²) in [5, 5.41) is 15.5. The van der Waals surface area contributed by atoms with Crippen molar-refractivity contribution in [3.63, 3.8) is 0 Å². The maximum atomic E-state index is 13.0. The van der Waals surface area contributed by atoms with E-state index in [2.05, 4.69) is 20.8 Å². The number of carbonyl (C=O) groups is 2. The van der Waals surface area contributed by atoms with Gasteiger partial charge in [0.25, 0.3) is 5.91 Å². The van der Waals surface area contributed by atoms with Crippen LogP contribution in [-0.2, 0) is 11.3 Å². The van der Waals surface area contributed by atoms with Gasteiger partial charge in [0.05, 0.1) is 18.9 Å². The second kappa shape index (κ2) is 13.4. The number of rotatable bonds is 12. The number of hydrogen-bond acceptors (Lipinski definition) is 7. The Balaban J connectivity index is 1.71. The zero-order valence-corrected chi connectivity index (χ0v) is 23.0.